The molecule has 1 aromatic rings. The molecule has 5 heteroatoms. The lowest BCUT2D eigenvalue weighted by molar-refractivity contribution is 0.0388. The fourth-order valence-corrected chi connectivity index (χ4v) is 1.91. The topological polar surface area (TPSA) is 84.9 Å². The molecule has 1 rings (SSSR count). The van der Waals surface area contributed by atoms with E-state index in [4.69, 9.17) is 15.2 Å². The van der Waals surface area contributed by atoms with Crippen LogP contribution in [0.1, 0.15) is 32.4 Å². The number of nitrogens with two attached hydrogens (primary N) is 1. The molecule has 0 bridgehead atoms. The maximum Gasteiger partial charge on any atom is 0.131 e. The zero-order chi connectivity index (χ0) is 14.8. The smallest absolute Gasteiger partial charge is 0.131 e. The predicted octanol–water partition coefficient (Wildman–Crippen LogP) is 1.82. The summed E-state index contributed by atoms with van der Waals surface area (Å²) in [5.41, 5.74) is 6.04. The average Bonchev–Trinajstić information content (AvgIpc) is 2.34. The van der Waals surface area contributed by atoms with Crippen molar-refractivity contribution in [3.8, 4) is 17.2 Å². The summed E-state index contributed by atoms with van der Waals surface area (Å²) in [5, 5.41) is 20.3. The third-order valence-electron chi connectivity index (χ3n) is 3.11. The minimum atomic E-state index is -0.819. The Balaban J connectivity index is 3.26. The van der Waals surface area contributed by atoms with Crippen LogP contribution in [-0.4, -0.2) is 30.5 Å². The number of hydrogen-bond donors (Lipinski definition) is 3. The van der Waals surface area contributed by atoms with E-state index in [1.165, 1.54) is 20.3 Å². The molecule has 0 unspecified atom stereocenters. The van der Waals surface area contributed by atoms with Gasteiger partial charge in [-0.15, -0.1) is 0 Å². The monoisotopic (exact) mass is 269 g/mol. The van der Waals surface area contributed by atoms with Gasteiger partial charge in [-0.3, -0.25) is 0 Å². The largest absolute Gasteiger partial charge is 0.507 e. The maximum atomic E-state index is 10.3. The second-order valence-electron chi connectivity index (χ2n) is 5.60. The summed E-state index contributed by atoms with van der Waals surface area (Å²) < 4.78 is 10.3. The molecule has 19 heavy (non-hydrogen) atoms. The van der Waals surface area contributed by atoms with Gasteiger partial charge >= 0.3 is 0 Å². The molecule has 1 aromatic carbocycles. The van der Waals surface area contributed by atoms with Crippen LogP contribution in [0.15, 0.2) is 12.1 Å². The minimum Gasteiger partial charge on any atom is -0.507 e. The number of ether oxygens (including phenoxy) is 2. The van der Waals surface area contributed by atoms with E-state index in [1.54, 1.807) is 6.07 Å². The first-order chi connectivity index (χ1) is 8.72. The molecular formula is C14H23NO4. The van der Waals surface area contributed by atoms with Gasteiger partial charge in [0, 0.05) is 12.1 Å². The Hall–Kier alpha value is -1.46. The van der Waals surface area contributed by atoms with Crippen molar-refractivity contribution >= 4 is 0 Å². The highest BCUT2D eigenvalue weighted by Gasteiger charge is 2.32. The molecule has 4 N–H and O–H groups in total. The molecule has 0 aromatic heterocycles. The SMILES string of the molecule is COc1cc(O)c([C@@H](N)[C@@H](O)C(C)(C)C)c(OC)c1. The van der Waals surface area contributed by atoms with Crippen LogP contribution in [0.5, 0.6) is 17.2 Å². The van der Waals surface area contributed by atoms with Crippen molar-refractivity contribution < 1.29 is 19.7 Å². The van der Waals surface area contributed by atoms with E-state index in [9.17, 15) is 10.2 Å². The van der Waals surface area contributed by atoms with Crippen LogP contribution in [0.25, 0.3) is 0 Å². The molecule has 0 amide bonds. The molecule has 0 aliphatic heterocycles. The van der Waals surface area contributed by atoms with Gasteiger partial charge in [-0.1, -0.05) is 20.8 Å². The number of aliphatic hydroxyl groups is 1. The van der Waals surface area contributed by atoms with Gasteiger partial charge in [-0.05, 0) is 5.41 Å². The molecule has 0 fully saturated rings. The molecule has 0 spiro atoms. The Morgan fingerprint density at radius 3 is 2.16 bits per heavy atom. The summed E-state index contributed by atoms with van der Waals surface area (Å²) in [6.07, 6.45) is -0.819. The molecule has 0 radical (unpaired) electrons. The summed E-state index contributed by atoms with van der Waals surface area (Å²) in [6.45, 7) is 5.64. The second kappa shape index (κ2) is 5.67. The molecule has 0 aliphatic rings. The number of aromatic hydroxyl groups is 1. The molecule has 2 atom stereocenters. The van der Waals surface area contributed by atoms with Gasteiger partial charge in [0.2, 0.25) is 0 Å². The van der Waals surface area contributed by atoms with E-state index >= 15 is 0 Å². The molecule has 0 saturated carbocycles. The van der Waals surface area contributed by atoms with E-state index in [0.29, 0.717) is 17.1 Å². The highest BCUT2D eigenvalue weighted by Crippen LogP contribution is 2.40. The lowest BCUT2D eigenvalue weighted by Crippen LogP contribution is -2.37. The van der Waals surface area contributed by atoms with Crippen molar-refractivity contribution in [2.24, 2.45) is 11.1 Å². The maximum absolute atomic E-state index is 10.3. The van der Waals surface area contributed by atoms with Crippen LogP contribution < -0.4 is 15.2 Å². The third-order valence-corrected chi connectivity index (χ3v) is 3.11. The lowest BCUT2D eigenvalue weighted by Gasteiger charge is -2.32. The van der Waals surface area contributed by atoms with Gasteiger partial charge in [-0.2, -0.15) is 0 Å². The molecule has 0 aliphatic carbocycles. The zero-order valence-electron chi connectivity index (χ0n) is 12.1. The van der Waals surface area contributed by atoms with Gasteiger partial charge < -0.3 is 25.4 Å². The fourth-order valence-electron chi connectivity index (χ4n) is 1.91. The Kier molecular flexibility index (Phi) is 4.66. The quantitative estimate of drug-likeness (QED) is 0.776. The van der Waals surface area contributed by atoms with E-state index in [2.05, 4.69) is 0 Å². The number of phenolic OH excluding ortho intramolecular Hbond substituents is 1. The molecule has 5 nitrogen and oxygen atoms in total. The van der Waals surface area contributed by atoms with Gasteiger partial charge in [0.15, 0.2) is 0 Å². The first-order valence-corrected chi connectivity index (χ1v) is 6.11. The van der Waals surface area contributed by atoms with E-state index in [1.807, 2.05) is 20.8 Å². The first-order valence-electron chi connectivity index (χ1n) is 6.11. The predicted molar refractivity (Wildman–Crippen MR) is 73.6 cm³/mol. The minimum absolute atomic E-state index is 0.0491. The Morgan fingerprint density at radius 2 is 1.74 bits per heavy atom. The lowest BCUT2D eigenvalue weighted by atomic mass is 9.82. The number of aliphatic hydroxyl groups excluding tert-OH is 1. The summed E-state index contributed by atoms with van der Waals surface area (Å²) in [5.74, 6) is 0.815. The Bertz CT molecular complexity index is 440. The van der Waals surface area contributed by atoms with Crippen LogP contribution in [-0.2, 0) is 0 Å². The first kappa shape index (κ1) is 15.6. The van der Waals surface area contributed by atoms with Crippen LogP contribution >= 0.6 is 0 Å². The van der Waals surface area contributed by atoms with Crippen molar-refractivity contribution in [3.63, 3.8) is 0 Å². The van der Waals surface area contributed by atoms with Crippen molar-refractivity contribution in [1.29, 1.82) is 0 Å². The number of methoxy groups -OCH3 is 2. The van der Waals surface area contributed by atoms with Gasteiger partial charge in [0.1, 0.15) is 17.2 Å². The highest BCUT2D eigenvalue weighted by molar-refractivity contribution is 5.52. The number of benzene rings is 1. The van der Waals surface area contributed by atoms with Gasteiger partial charge in [0.25, 0.3) is 0 Å². The number of hydrogen-bond acceptors (Lipinski definition) is 5. The van der Waals surface area contributed by atoms with Crippen molar-refractivity contribution in [2.45, 2.75) is 32.9 Å². The van der Waals surface area contributed by atoms with E-state index in [-0.39, 0.29) is 5.75 Å². The normalized spacial score (nSPS) is 14.9. The number of phenols is 1. The zero-order valence-corrected chi connectivity index (χ0v) is 12.1. The summed E-state index contributed by atoms with van der Waals surface area (Å²) >= 11 is 0. The standard InChI is InChI=1S/C14H23NO4/c1-14(2,3)13(17)12(15)11-9(16)6-8(18-4)7-10(11)19-5/h6-7,12-13,16-17H,15H2,1-5H3/t12-,13-/m1/s1. The van der Waals surface area contributed by atoms with E-state index in [0.717, 1.165) is 0 Å². The molecule has 0 saturated heterocycles. The second-order valence-corrected chi connectivity index (χ2v) is 5.60. The average molecular weight is 269 g/mol. The van der Waals surface area contributed by atoms with Gasteiger partial charge in [-0.25, -0.2) is 0 Å². The van der Waals surface area contributed by atoms with Crippen LogP contribution in [0.3, 0.4) is 0 Å². The fraction of sp³-hybridized carbons (Fsp3) is 0.571. The Morgan fingerprint density at radius 1 is 1.16 bits per heavy atom. The summed E-state index contributed by atoms with van der Waals surface area (Å²) in [4.78, 5) is 0. The van der Waals surface area contributed by atoms with Crippen molar-refractivity contribution in [1.82, 2.24) is 0 Å². The van der Waals surface area contributed by atoms with Crippen LogP contribution in [0.4, 0.5) is 0 Å². The van der Waals surface area contributed by atoms with Crippen molar-refractivity contribution in [2.75, 3.05) is 14.2 Å². The van der Waals surface area contributed by atoms with Gasteiger partial charge in [0.05, 0.1) is 31.9 Å². The number of rotatable bonds is 4. The molecule has 0 heterocycles. The van der Waals surface area contributed by atoms with Crippen LogP contribution in [0.2, 0.25) is 0 Å². The summed E-state index contributed by atoms with van der Waals surface area (Å²) in [6, 6.07) is 2.33. The van der Waals surface area contributed by atoms with E-state index < -0.39 is 17.6 Å². The van der Waals surface area contributed by atoms with Crippen LogP contribution in [0, 0.1) is 5.41 Å². The highest BCUT2D eigenvalue weighted by atomic mass is 16.5. The van der Waals surface area contributed by atoms with Crippen molar-refractivity contribution in [3.05, 3.63) is 17.7 Å². The third kappa shape index (κ3) is 3.30. The summed E-state index contributed by atoms with van der Waals surface area (Å²) in [7, 11) is 2.98. The Labute approximate surface area is 114 Å². The molecule has 108 valence electrons. The molecular weight excluding hydrogens is 246 g/mol.